The fourth-order valence-electron chi connectivity index (χ4n) is 2.13. The first-order valence-corrected chi connectivity index (χ1v) is 4.85. The third-order valence-corrected chi connectivity index (χ3v) is 2.86. The average Bonchev–Trinajstić information content (AvgIpc) is 2.74. The van der Waals surface area contributed by atoms with Crippen molar-refractivity contribution in [1.29, 1.82) is 0 Å². The Hall–Kier alpha value is -0.160. The highest BCUT2D eigenvalue weighted by Gasteiger charge is 2.46. The second-order valence-electron chi connectivity index (χ2n) is 3.83. The quantitative estimate of drug-likeness (QED) is 0.641. The molecule has 2 saturated heterocycles. The van der Waals surface area contributed by atoms with Gasteiger partial charge in [-0.25, -0.2) is 0 Å². The van der Waals surface area contributed by atoms with Crippen molar-refractivity contribution in [2.24, 2.45) is 0 Å². The van der Waals surface area contributed by atoms with Crippen molar-refractivity contribution in [3.8, 4) is 0 Å². The van der Waals surface area contributed by atoms with E-state index in [1.54, 1.807) is 0 Å². The average molecular weight is 188 g/mol. The second-order valence-corrected chi connectivity index (χ2v) is 3.83. The van der Waals surface area contributed by atoms with Crippen LogP contribution in [-0.2, 0) is 9.47 Å². The topological polar surface area (TPSA) is 58.9 Å². The molecule has 2 fully saturated rings. The lowest BCUT2D eigenvalue weighted by Crippen LogP contribution is -2.30. The van der Waals surface area contributed by atoms with Crippen LogP contribution in [0.2, 0.25) is 0 Å². The van der Waals surface area contributed by atoms with E-state index in [-0.39, 0.29) is 25.4 Å². The van der Waals surface area contributed by atoms with Gasteiger partial charge in [-0.1, -0.05) is 0 Å². The Labute approximate surface area is 77.5 Å². The first-order chi connectivity index (χ1) is 6.28. The van der Waals surface area contributed by atoms with Crippen molar-refractivity contribution in [2.75, 3.05) is 13.2 Å². The predicted octanol–water partition coefficient (Wildman–Crippen LogP) is 0.0253. The normalized spacial score (nSPS) is 37.4. The molecular weight excluding hydrogens is 172 g/mol. The van der Waals surface area contributed by atoms with E-state index in [2.05, 4.69) is 0 Å². The van der Waals surface area contributed by atoms with E-state index in [0.29, 0.717) is 0 Å². The van der Waals surface area contributed by atoms with E-state index in [9.17, 15) is 0 Å². The number of hydrogen-bond acceptors (Lipinski definition) is 4. The molecule has 0 radical (unpaired) electrons. The molecule has 4 heteroatoms. The summed E-state index contributed by atoms with van der Waals surface area (Å²) in [7, 11) is 0. The summed E-state index contributed by atoms with van der Waals surface area (Å²) in [6.45, 7) is 0.129. The van der Waals surface area contributed by atoms with Crippen LogP contribution in [0.4, 0.5) is 0 Å². The Balaban J connectivity index is 1.93. The van der Waals surface area contributed by atoms with Crippen LogP contribution in [-0.4, -0.2) is 41.4 Å². The van der Waals surface area contributed by atoms with Gasteiger partial charge in [-0.3, -0.25) is 0 Å². The molecule has 2 heterocycles. The summed E-state index contributed by atoms with van der Waals surface area (Å²) in [5.41, 5.74) is 0. The van der Waals surface area contributed by atoms with Gasteiger partial charge < -0.3 is 19.7 Å². The van der Waals surface area contributed by atoms with Gasteiger partial charge in [-0.2, -0.15) is 0 Å². The van der Waals surface area contributed by atoms with Crippen molar-refractivity contribution in [2.45, 2.75) is 43.7 Å². The molecule has 1 spiro atoms. The minimum absolute atomic E-state index is 0.0644. The summed E-state index contributed by atoms with van der Waals surface area (Å²) in [6, 6.07) is 0. The number of rotatable bonds is 2. The maximum atomic E-state index is 8.90. The van der Waals surface area contributed by atoms with Gasteiger partial charge in [0.05, 0.1) is 25.4 Å². The summed E-state index contributed by atoms with van der Waals surface area (Å²) < 4.78 is 11.2. The van der Waals surface area contributed by atoms with Crippen LogP contribution in [0.3, 0.4) is 0 Å². The van der Waals surface area contributed by atoms with Crippen LogP contribution < -0.4 is 0 Å². The molecule has 0 aromatic heterocycles. The zero-order valence-corrected chi connectivity index (χ0v) is 7.61. The molecule has 4 nitrogen and oxygen atoms in total. The Kier molecular flexibility index (Phi) is 2.55. The third-order valence-electron chi connectivity index (χ3n) is 2.86. The fraction of sp³-hybridized carbons (Fsp3) is 1.00. The molecule has 0 aliphatic carbocycles. The summed E-state index contributed by atoms with van der Waals surface area (Å²) in [4.78, 5) is 0. The van der Waals surface area contributed by atoms with Crippen molar-refractivity contribution < 1.29 is 19.7 Å². The molecule has 13 heavy (non-hydrogen) atoms. The van der Waals surface area contributed by atoms with Gasteiger partial charge in [-0.05, 0) is 12.8 Å². The summed E-state index contributed by atoms with van der Waals surface area (Å²) in [5, 5.41) is 17.8. The van der Waals surface area contributed by atoms with E-state index in [0.717, 1.165) is 25.7 Å². The van der Waals surface area contributed by atoms with E-state index >= 15 is 0 Å². The molecule has 2 N–H and O–H groups in total. The van der Waals surface area contributed by atoms with Crippen molar-refractivity contribution in [3.05, 3.63) is 0 Å². The SMILES string of the molecule is OC[C@@H]1CCC2(CC[C@@H](CO)O2)O1. The zero-order chi connectivity index (χ0) is 9.31. The Morgan fingerprint density at radius 2 is 1.46 bits per heavy atom. The van der Waals surface area contributed by atoms with Crippen molar-refractivity contribution in [1.82, 2.24) is 0 Å². The van der Waals surface area contributed by atoms with Gasteiger partial charge in [0.15, 0.2) is 5.79 Å². The molecule has 0 amide bonds. The summed E-state index contributed by atoms with van der Waals surface area (Å²) in [5.74, 6) is -0.485. The van der Waals surface area contributed by atoms with E-state index in [4.69, 9.17) is 19.7 Å². The Bertz CT molecular complexity index is 162. The molecular formula is C9H16O4. The van der Waals surface area contributed by atoms with Crippen molar-refractivity contribution in [3.63, 3.8) is 0 Å². The number of aliphatic hydroxyl groups is 2. The minimum Gasteiger partial charge on any atom is -0.394 e. The van der Waals surface area contributed by atoms with E-state index in [1.807, 2.05) is 0 Å². The monoisotopic (exact) mass is 188 g/mol. The van der Waals surface area contributed by atoms with Crippen LogP contribution in [0.25, 0.3) is 0 Å². The molecule has 0 aromatic rings. The Morgan fingerprint density at radius 3 is 1.77 bits per heavy atom. The van der Waals surface area contributed by atoms with Crippen LogP contribution in [0.15, 0.2) is 0 Å². The predicted molar refractivity (Wildman–Crippen MR) is 45.1 cm³/mol. The highest BCUT2D eigenvalue weighted by Crippen LogP contribution is 2.41. The molecule has 0 aromatic carbocycles. The maximum Gasteiger partial charge on any atom is 0.169 e. The first kappa shape index (κ1) is 9.40. The minimum atomic E-state index is -0.485. The van der Waals surface area contributed by atoms with Crippen LogP contribution in [0, 0.1) is 0 Å². The summed E-state index contributed by atoms with van der Waals surface area (Å²) in [6.07, 6.45) is 3.25. The fourth-order valence-corrected chi connectivity index (χ4v) is 2.13. The van der Waals surface area contributed by atoms with Crippen LogP contribution >= 0.6 is 0 Å². The lowest BCUT2D eigenvalue weighted by atomic mass is 10.1. The largest absolute Gasteiger partial charge is 0.394 e. The van der Waals surface area contributed by atoms with Crippen LogP contribution in [0.1, 0.15) is 25.7 Å². The van der Waals surface area contributed by atoms with Gasteiger partial charge in [0.1, 0.15) is 0 Å². The van der Waals surface area contributed by atoms with E-state index in [1.165, 1.54) is 0 Å². The standard InChI is InChI=1S/C9H16O4/c10-5-7-1-3-9(12-7)4-2-8(6-11)13-9/h7-8,10-11H,1-6H2/t7-,8-,9?/m0/s1. The van der Waals surface area contributed by atoms with E-state index < -0.39 is 5.79 Å². The van der Waals surface area contributed by atoms with Gasteiger partial charge >= 0.3 is 0 Å². The number of ether oxygens (including phenoxy) is 2. The molecule has 2 aliphatic heterocycles. The lowest BCUT2D eigenvalue weighted by Gasteiger charge is -2.24. The lowest BCUT2D eigenvalue weighted by molar-refractivity contribution is -0.223. The van der Waals surface area contributed by atoms with Gasteiger partial charge in [0, 0.05) is 12.8 Å². The molecule has 76 valence electrons. The smallest absolute Gasteiger partial charge is 0.169 e. The molecule has 0 bridgehead atoms. The second kappa shape index (κ2) is 3.53. The van der Waals surface area contributed by atoms with Crippen molar-refractivity contribution >= 4 is 0 Å². The van der Waals surface area contributed by atoms with Gasteiger partial charge in [0.2, 0.25) is 0 Å². The first-order valence-electron chi connectivity index (χ1n) is 4.85. The zero-order valence-electron chi connectivity index (χ0n) is 7.61. The third kappa shape index (κ3) is 1.72. The van der Waals surface area contributed by atoms with Crippen LogP contribution in [0.5, 0.6) is 0 Å². The number of aliphatic hydroxyl groups excluding tert-OH is 2. The summed E-state index contributed by atoms with van der Waals surface area (Å²) >= 11 is 0. The van der Waals surface area contributed by atoms with Gasteiger partial charge in [-0.15, -0.1) is 0 Å². The highest BCUT2D eigenvalue weighted by atomic mass is 16.7. The molecule has 0 unspecified atom stereocenters. The Morgan fingerprint density at radius 1 is 1.00 bits per heavy atom. The highest BCUT2D eigenvalue weighted by molar-refractivity contribution is 4.87. The molecule has 2 atom stereocenters. The molecule has 2 rings (SSSR count). The number of hydrogen-bond donors (Lipinski definition) is 2. The molecule has 2 aliphatic rings. The maximum absolute atomic E-state index is 8.90. The van der Waals surface area contributed by atoms with Gasteiger partial charge in [0.25, 0.3) is 0 Å². The molecule has 0 saturated carbocycles.